The van der Waals surface area contributed by atoms with Crippen LogP contribution in [-0.4, -0.2) is 52.3 Å². The van der Waals surface area contributed by atoms with Gasteiger partial charge in [-0.2, -0.15) is 0 Å². The Hall–Kier alpha value is -1.69. The molecule has 1 amide bonds. The summed E-state index contributed by atoms with van der Waals surface area (Å²) in [5.74, 6) is -0.0112. The maximum absolute atomic E-state index is 13.2. The number of pyridine rings is 1. The lowest BCUT2D eigenvalue weighted by Gasteiger charge is -2.46. The van der Waals surface area contributed by atoms with Gasteiger partial charge in [0.05, 0.1) is 27.8 Å². The molecule has 6 heteroatoms. The number of aromatic nitrogens is 1. The number of likely N-dealkylation sites (tertiary alicyclic amines) is 1. The Bertz CT molecular complexity index is 846. The molecule has 138 valence electrons. The predicted molar refractivity (Wildman–Crippen MR) is 101 cm³/mol. The number of piperidine rings is 1. The van der Waals surface area contributed by atoms with Gasteiger partial charge in [-0.15, -0.1) is 0 Å². The van der Waals surface area contributed by atoms with E-state index in [1.54, 1.807) is 6.07 Å². The molecule has 0 unspecified atom stereocenters. The number of amides is 1. The summed E-state index contributed by atoms with van der Waals surface area (Å²) >= 11 is 6.27. The fraction of sp³-hybridized carbons (Fsp3) is 0.500. The van der Waals surface area contributed by atoms with E-state index in [1.807, 2.05) is 30.0 Å². The van der Waals surface area contributed by atoms with Crippen molar-refractivity contribution in [2.24, 2.45) is 0 Å². The van der Waals surface area contributed by atoms with Gasteiger partial charge in [-0.25, -0.2) is 0 Å². The Morgan fingerprint density at radius 2 is 2.15 bits per heavy atom. The molecule has 1 atom stereocenters. The summed E-state index contributed by atoms with van der Waals surface area (Å²) in [6.45, 7) is 3.73. The summed E-state index contributed by atoms with van der Waals surface area (Å²) in [4.78, 5) is 19.5. The van der Waals surface area contributed by atoms with Gasteiger partial charge in [-0.05, 0) is 44.7 Å². The van der Waals surface area contributed by atoms with Crippen molar-refractivity contribution in [3.05, 3.63) is 40.5 Å². The molecule has 5 nitrogen and oxygen atoms in total. The van der Waals surface area contributed by atoms with E-state index in [0.717, 1.165) is 23.9 Å². The predicted octanol–water partition coefficient (Wildman–Crippen LogP) is 3.34. The summed E-state index contributed by atoms with van der Waals surface area (Å²) in [6, 6.07) is 7.35. The number of ether oxygens (including phenoxy) is 1. The second-order valence-corrected chi connectivity index (χ2v) is 7.72. The largest absolute Gasteiger partial charge is 0.390 e. The molecule has 2 saturated heterocycles. The van der Waals surface area contributed by atoms with E-state index in [0.29, 0.717) is 48.6 Å². The molecule has 4 rings (SSSR count). The first-order chi connectivity index (χ1) is 12.5. The molecule has 1 spiro atoms. The number of fused-ring (bicyclic) bond motifs is 1. The molecule has 1 aromatic carbocycles. The monoisotopic (exact) mass is 374 g/mol. The molecule has 0 saturated carbocycles. The molecule has 0 aliphatic carbocycles. The van der Waals surface area contributed by atoms with Crippen molar-refractivity contribution in [3.63, 3.8) is 0 Å². The van der Waals surface area contributed by atoms with E-state index in [-0.39, 0.29) is 5.91 Å². The fourth-order valence-electron chi connectivity index (χ4n) is 4.17. The molecule has 2 aromatic rings. The first-order valence-corrected chi connectivity index (χ1v) is 9.55. The summed E-state index contributed by atoms with van der Waals surface area (Å²) in [7, 11) is 0. The van der Waals surface area contributed by atoms with Crippen LogP contribution < -0.4 is 0 Å². The van der Waals surface area contributed by atoms with Gasteiger partial charge < -0.3 is 14.7 Å². The third kappa shape index (κ3) is 2.98. The SMILES string of the molecule is Cc1cc(C(=O)N2CCC3(CC2)OCCC[C@H]3O)c2cccc(Cl)c2n1. The quantitative estimate of drug-likeness (QED) is 0.831. The van der Waals surface area contributed by atoms with Gasteiger partial charge in [0.25, 0.3) is 5.91 Å². The topological polar surface area (TPSA) is 62.7 Å². The molecule has 26 heavy (non-hydrogen) atoms. The number of aliphatic hydroxyl groups excluding tert-OH is 1. The van der Waals surface area contributed by atoms with Crippen molar-refractivity contribution in [1.82, 2.24) is 9.88 Å². The van der Waals surface area contributed by atoms with Crippen LogP contribution in [-0.2, 0) is 4.74 Å². The highest BCUT2D eigenvalue weighted by Crippen LogP contribution is 2.36. The van der Waals surface area contributed by atoms with Crippen molar-refractivity contribution < 1.29 is 14.6 Å². The van der Waals surface area contributed by atoms with Crippen LogP contribution in [0.5, 0.6) is 0 Å². The standard InChI is InChI=1S/C20H23ClN2O3/c1-13-12-15(14-4-2-5-16(21)18(14)22-13)19(25)23-9-7-20(8-10-23)17(24)6-3-11-26-20/h2,4-5,12,17,24H,3,6-11H2,1H3/t17-/m1/s1. The van der Waals surface area contributed by atoms with Crippen LogP contribution in [0.1, 0.15) is 41.7 Å². The van der Waals surface area contributed by atoms with Crippen molar-refractivity contribution in [1.29, 1.82) is 0 Å². The Balaban J connectivity index is 1.60. The second kappa shape index (κ2) is 6.80. The zero-order valence-corrected chi connectivity index (χ0v) is 15.6. The normalized spacial score (nSPS) is 22.7. The summed E-state index contributed by atoms with van der Waals surface area (Å²) in [5.41, 5.74) is 1.59. The summed E-state index contributed by atoms with van der Waals surface area (Å²) in [5, 5.41) is 11.7. The zero-order chi connectivity index (χ0) is 18.3. The van der Waals surface area contributed by atoms with Gasteiger partial charge >= 0.3 is 0 Å². The minimum absolute atomic E-state index is 0.0112. The molecule has 0 radical (unpaired) electrons. The number of hydrogen-bond donors (Lipinski definition) is 1. The highest BCUT2D eigenvalue weighted by molar-refractivity contribution is 6.35. The number of halogens is 1. The number of carbonyl (C=O) groups excluding carboxylic acids is 1. The Labute approximate surface area is 157 Å². The van der Waals surface area contributed by atoms with Crippen molar-refractivity contribution in [2.75, 3.05) is 19.7 Å². The Morgan fingerprint density at radius 1 is 1.38 bits per heavy atom. The summed E-state index contributed by atoms with van der Waals surface area (Å²) < 4.78 is 5.94. The maximum atomic E-state index is 13.2. The lowest BCUT2D eigenvalue weighted by atomic mass is 9.82. The number of hydrogen-bond acceptors (Lipinski definition) is 4. The number of para-hydroxylation sites is 1. The summed E-state index contributed by atoms with van der Waals surface area (Å²) in [6.07, 6.45) is 2.58. The minimum Gasteiger partial charge on any atom is -0.390 e. The maximum Gasteiger partial charge on any atom is 0.254 e. The third-order valence-electron chi connectivity index (χ3n) is 5.66. The Morgan fingerprint density at radius 3 is 2.88 bits per heavy atom. The second-order valence-electron chi connectivity index (χ2n) is 7.31. The number of carbonyl (C=O) groups is 1. The number of benzene rings is 1. The van der Waals surface area contributed by atoms with Gasteiger partial charge in [-0.3, -0.25) is 9.78 Å². The first-order valence-electron chi connectivity index (χ1n) is 9.17. The highest BCUT2D eigenvalue weighted by Gasteiger charge is 2.44. The van der Waals surface area contributed by atoms with E-state index in [1.165, 1.54) is 0 Å². The fourth-order valence-corrected chi connectivity index (χ4v) is 4.38. The minimum atomic E-state index is -0.478. The smallest absolute Gasteiger partial charge is 0.254 e. The van der Waals surface area contributed by atoms with Gasteiger partial charge in [0.15, 0.2) is 0 Å². The van der Waals surface area contributed by atoms with Crippen molar-refractivity contribution in [3.8, 4) is 0 Å². The number of aliphatic hydroxyl groups is 1. The van der Waals surface area contributed by atoms with Crippen LogP contribution in [0.4, 0.5) is 0 Å². The zero-order valence-electron chi connectivity index (χ0n) is 14.9. The number of nitrogens with zero attached hydrogens (tertiary/aromatic N) is 2. The average Bonchev–Trinajstić information content (AvgIpc) is 2.65. The molecule has 2 fully saturated rings. The molecule has 2 aliphatic heterocycles. The van der Waals surface area contributed by atoms with Crippen LogP contribution in [0.15, 0.2) is 24.3 Å². The Kier molecular flexibility index (Phi) is 4.63. The van der Waals surface area contributed by atoms with Crippen LogP contribution in [0.3, 0.4) is 0 Å². The molecule has 1 N–H and O–H groups in total. The van der Waals surface area contributed by atoms with Crippen LogP contribution >= 0.6 is 11.6 Å². The molecular weight excluding hydrogens is 352 g/mol. The third-order valence-corrected chi connectivity index (χ3v) is 5.97. The van der Waals surface area contributed by atoms with Gasteiger partial charge in [0.1, 0.15) is 0 Å². The van der Waals surface area contributed by atoms with Crippen LogP contribution in [0.2, 0.25) is 5.02 Å². The highest BCUT2D eigenvalue weighted by atomic mass is 35.5. The number of rotatable bonds is 1. The lowest BCUT2D eigenvalue weighted by Crippen LogP contribution is -2.56. The van der Waals surface area contributed by atoms with E-state index in [4.69, 9.17) is 16.3 Å². The van der Waals surface area contributed by atoms with Gasteiger partial charge in [-0.1, -0.05) is 23.7 Å². The molecule has 0 bridgehead atoms. The molecule has 2 aliphatic rings. The lowest BCUT2D eigenvalue weighted by molar-refractivity contribution is -0.174. The number of aryl methyl sites for hydroxylation is 1. The average molecular weight is 375 g/mol. The molecule has 1 aromatic heterocycles. The van der Waals surface area contributed by atoms with Crippen LogP contribution in [0.25, 0.3) is 10.9 Å². The van der Waals surface area contributed by atoms with E-state index in [9.17, 15) is 9.90 Å². The van der Waals surface area contributed by atoms with E-state index < -0.39 is 11.7 Å². The van der Waals surface area contributed by atoms with Gasteiger partial charge in [0.2, 0.25) is 0 Å². The first kappa shape index (κ1) is 17.7. The molecular formula is C20H23ClN2O3. The molecule has 3 heterocycles. The van der Waals surface area contributed by atoms with Gasteiger partial charge in [0, 0.05) is 30.8 Å². The van der Waals surface area contributed by atoms with Crippen LogP contribution in [0, 0.1) is 6.92 Å². The van der Waals surface area contributed by atoms with Crippen molar-refractivity contribution >= 4 is 28.4 Å². The van der Waals surface area contributed by atoms with Crippen molar-refractivity contribution in [2.45, 2.75) is 44.3 Å². The van der Waals surface area contributed by atoms with E-state index >= 15 is 0 Å². The van der Waals surface area contributed by atoms with E-state index in [2.05, 4.69) is 4.98 Å².